The lowest BCUT2D eigenvalue weighted by molar-refractivity contribution is 0.0753. The Morgan fingerprint density at radius 3 is 2.89 bits per heavy atom. The molecule has 4 nitrogen and oxygen atoms in total. The predicted molar refractivity (Wildman–Crippen MR) is 68.9 cm³/mol. The van der Waals surface area contributed by atoms with Crippen LogP contribution < -0.4 is 5.73 Å². The summed E-state index contributed by atoms with van der Waals surface area (Å²) in [6, 6.07) is 3.84. The van der Waals surface area contributed by atoms with Crippen LogP contribution in [-0.2, 0) is 0 Å². The number of anilines is 1. The van der Waals surface area contributed by atoms with Crippen molar-refractivity contribution in [1.82, 2.24) is 4.90 Å². The maximum absolute atomic E-state index is 13.2. The molecule has 3 unspecified atom stereocenters. The summed E-state index contributed by atoms with van der Waals surface area (Å²) in [5.74, 6) is -0.164. The van der Waals surface area contributed by atoms with Crippen LogP contribution in [-0.4, -0.2) is 35.1 Å². The molecule has 1 aliphatic heterocycles. The van der Waals surface area contributed by atoms with E-state index < -0.39 is 5.82 Å². The Kier molecular flexibility index (Phi) is 2.93. The molecule has 1 aliphatic carbocycles. The van der Waals surface area contributed by atoms with Crippen LogP contribution in [0.3, 0.4) is 0 Å². The van der Waals surface area contributed by atoms with E-state index >= 15 is 0 Å². The van der Waals surface area contributed by atoms with Crippen LogP contribution in [0.15, 0.2) is 18.2 Å². The van der Waals surface area contributed by atoms with Crippen molar-refractivity contribution in [3.8, 4) is 0 Å². The Hall–Kier alpha value is -1.62. The van der Waals surface area contributed by atoms with Gasteiger partial charge in [0, 0.05) is 24.7 Å². The molecule has 1 saturated carbocycles. The molecule has 0 aromatic heterocycles. The SMILES string of the molecule is Nc1ccc(F)cc1C(=O)N1CC2CCC(O)C2C1. The van der Waals surface area contributed by atoms with Crippen LogP contribution in [0.2, 0.25) is 0 Å². The van der Waals surface area contributed by atoms with Gasteiger partial charge in [0.15, 0.2) is 0 Å². The van der Waals surface area contributed by atoms with Gasteiger partial charge < -0.3 is 15.7 Å². The highest BCUT2D eigenvalue weighted by atomic mass is 19.1. The molecule has 5 heteroatoms. The minimum atomic E-state index is -0.461. The number of hydrogen-bond acceptors (Lipinski definition) is 3. The second kappa shape index (κ2) is 4.49. The number of carbonyl (C=O) groups excluding carboxylic acids is 1. The first kappa shape index (κ1) is 12.4. The van der Waals surface area contributed by atoms with Crippen molar-refractivity contribution in [2.75, 3.05) is 18.8 Å². The molecular formula is C14H17FN2O2. The zero-order valence-corrected chi connectivity index (χ0v) is 10.6. The molecule has 1 heterocycles. The number of aliphatic hydroxyl groups is 1. The molecule has 1 aromatic rings. The van der Waals surface area contributed by atoms with Crippen molar-refractivity contribution in [3.05, 3.63) is 29.6 Å². The highest BCUT2D eigenvalue weighted by Gasteiger charge is 2.43. The number of carbonyl (C=O) groups is 1. The van der Waals surface area contributed by atoms with E-state index in [2.05, 4.69) is 0 Å². The largest absolute Gasteiger partial charge is 0.398 e. The highest BCUT2D eigenvalue weighted by Crippen LogP contribution is 2.38. The monoisotopic (exact) mass is 264 g/mol. The van der Waals surface area contributed by atoms with Crippen molar-refractivity contribution < 1.29 is 14.3 Å². The van der Waals surface area contributed by atoms with Crippen molar-refractivity contribution in [2.24, 2.45) is 11.8 Å². The third-order valence-electron chi connectivity index (χ3n) is 4.35. The Labute approximate surface area is 111 Å². The number of rotatable bonds is 1. The van der Waals surface area contributed by atoms with E-state index in [9.17, 15) is 14.3 Å². The van der Waals surface area contributed by atoms with Gasteiger partial charge in [-0.2, -0.15) is 0 Å². The third-order valence-corrected chi connectivity index (χ3v) is 4.35. The zero-order chi connectivity index (χ0) is 13.6. The van der Waals surface area contributed by atoms with Gasteiger partial charge in [-0.1, -0.05) is 0 Å². The summed E-state index contributed by atoms with van der Waals surface area (Å²) in [7, 11) is 0. The fraction of sp³-hybridized carbons (Fsp3) is 0.500. The second-order valence-corrected chi connectivity index (χ2v) is 5.51. The van der Waals surface area contributed by atoms with Crippen molar-refractivity contribution >= 4 is 11.6 Å². The average Bonchev–Trinajstić information content (AvgIpc) is 2.94. The molecule has 0 radical (unpaired) electrons. The number of halogens is 1. The van der Waals surface area contributed by atoms with Crippen molar-refractivity contribution in [3.63, 3.8) is 0 Å². The molecule has 2 aliphatic rings. The van der Waals surface area contributed by atoms with Crippen LogP contribution in [0, 0.1) is 17.7 Å². The van der Waals surface area contributed by atoms with Gasteiger partial charge in [0.05, 0.1) is 11.7 Å². The first-order chi connectivity index (χ1) is 9.06. The maximum atomic E-state index is 13.2. The molecule has 1 aromatic carbocycles. The van der Waals surface area contributed by atoms with E-state index in [1.54, 1.807) is 4.90 Å². The van der Waals surface area contributed by atoms with E-state index in [0.29, 0.717) is 24.7 Å². The van der Waals surface area contributed by atoms with Crippen LogP contribution in [0.4, 0.5) is 10.1 Å². The summed E-state index contributed by atoms with van der Waals surface area (Å²) in [6.45, 7) is 1.18. The second-order valence-electron chi connectivity index (χ2n) is 5.51. The number of amides is 1. The van der Waals surface area contributed by atoms with E-state index in [4.69, 9.17) is 5.73 Å². The molecule has 3 atom stereocenters. The summed E-state index contributed by atoms with van der Waals surface area (Å²) in [4.78, 5) is 14.0. The van der Waals surface area contributed by atoms with Gasteiger partial charge in [-0.05, 0) is 37.0 Å². The minimum Gasteiger partial charge on any atom is -0.398 e. The van der Waals surface area contributed by atoms with Gasteiger partial charge in [-0.25, -0.2) is 4.39 Å². The fourth-order valence-electron chi connectivity index (χ4n) is 3.29. The van der Waals surface area contributed by atoms with Gasteiger partial charge in [-0.3, -0.25) is 4.79 Å². The normalized spacial score (nSPS) is 29.6. The van der Waals surface area contributed by atoms with Gasteiger partial charge in [0.1, 0.15) is 5.82 Å². The van der Waals surface area contributed by atoms with E-state index in [-0.39, 0.29) is 23.5 Å². The number of nitrogens with zero attached hydrogens (tertiary/aromatic N) is 1. The van der Waals surface area contributed by atoms with E-state index in [0.717, 1.165) is 12.8 Å². The third kappa shape index (κ3) is 2.08. The number of hydrogen-bond donors (Lipinski definition) is 2. The van der Waals surface area contributed by atoms with Gasteiger partial charge >= 0.3 is 0 Å². The molecule has 2 fully saturated rings. The number of aliphatic hydroxyl groups excluding tert-OH is 1. The molecule has 0 bridgehead atoms. The number of benzene rings is 1. The van der Waals surface area contributed by atoms with Crippen LogP contribution in [0.25, 0.3) is 0 Å². The summed E-state index contributed by atoms with van der Waals surface area (Å²) in [5.41, 5.74) is 6.25. The van der Waals surface area contributed by atoms with Crippen LogP contribution in [0.5, 0.6) is 0 Å². The topological polar surface area (TPSA) is 66.6 Å². The van der Waals surface area contributed by atoms with Gasteiger partial charge in [-0.15, -0.1) is 0 Å². The minimum absolute atomic E-state index is 0.165. The zero-order valence-electron chi connectivity index (χ0n) is 10.6. The lowest BCUT2D eigenvalue weighted by atomic mass is 10.00. The summed E-state index contributed by atoms with van der Waals surface area (Å²) >= 11 is 0. The van der Waals surface area contributed by atoms with Crippen molar-refractivity contribution in [2.45, 2.75) is 18.9 Å². The van der Waals surface area contributed by atoms with Crippen LogP contribution >= 0.6 is 0 Å². The Bertz CT molecular complexity index is 520. The van der Waals surface area contributed by atoms with E-state index in [1.807, 2.05) is 0 Å². The average molecular weight is 264 g/mol. The fourth-order valence-corrected chi connectivity index (χ4v) is 3.29. The number of nitrogens with two attached hydrogens (primary N) is 1. The molecule has 3 rings (SSSR count). The quantitative estimate of drug-likeness (QED) is 0.750. The number of likely N-dealkylation sites (tertiary alicyclic amines) is 1. The highest BCUT2D eigenvalue weighted by molar-refractivity contribution is 5.99. The lowest BCUT2D eigenvalue weighted by Crippen LogP contribution is -2.31. The molecular weight excluding hydrogens is 247 g/mol. The van der Waals surface area contributed by atoms with E-state index in [1.165, 1.54) is 18.2 Å². The Balaban J connectivity index is 1.80. The molecule has 1 amide bonds. The molecule has 3 N–H and O–H groups in total. The molecule has 1 saturated heterocycles. The Morgan fingerprint density at radius 1 is 1.37 bits per heavy atom. The van der Waals surface area contributed by atoms with Crippen molar-refractivity contribution in [1.29, 1.82) is 0 Å². The standard InChI is InChI=1S/C14H17FN2O2/c15-9-2-3-12(16)10(5-9)14(19)17-6-8-1-4-13(18)11(8)7-17/h2-3,5,8,11,13,18H,1,4,6-7,16H2. The summed E-state index contributed by atoms with van der Waals surface area (Å²) in [6.07, 6.45) is 1.46. The van der Waals surface area contributed by atoms with Crippen LogP contribution in [0.1, 0.15) is 23.2 Å². The van der Waals surface area contributed by atoms with Gasteiger partial charge in [0.2, 0.25) is 0 Å². The smallest absolute Gasteiger partial charge is 0.256 e. The molecule has 102 valence electrons. The lowest BCUT2D eigenvalue weighted by Gasteiger charge is -2.19. The Morgan fingerprint density at radius 2 is 2.16 bits per heavy atom. The first-order valence-corrected chi connectivity index (χ1v) is 6.58. The molecule has 19 heavy (non-hydrogen) atoms. The molecule has 0 spiro atoms. The van der Waals surface area contributed by atoms with Gasteiger partial charge in [0.25, 0.3) is 5.91 Å². The summed E-state index contributed by atoms with van der Waals surface area (Å²) in [5, 5.41) is 9.85. The summed E-state index contributed by atoms with van der Waals surface area (Å²) < 4.78 is 13.2. The maximum Gasteiger partial charge on any atom is 0.256 e. The first-order valence-electron chi connectivity index (χ1n) is 6.58. The number of nitrogen functional groups attached to an aromatic ring is 1. The predicted octanol–water partition coefficient (Wildman–Crippen LogP) is 1.25. The number of fused-ring (bicyclic) bond motifs is 1.